The first-order chi connectivity index (χ1) is 60.3. The zero-order valence-electron chi connectivity index (χ0n) is 72.1. The van der Waals surface area contributed by atoms with E-state index in [4.69, 9.17) is 85.3 Å². The minimum atomic E-state index is -3.85. The maximum absolute atomic E-state index is 12.8. The fourth-order valence-electron chi connectivity index (χ4n) is 17.4. The zero-order chi connectivity index (χ0) is 90.2. The summed E-state index contributed by atoms with van der Waals surface area (Å²) in [7, 11) is 6.50. The predicted octanol–water partition coefficient (Wildman–Crippen LogP) is 16.5. The summed E-state index contributed by atoms with van der Waals surface area (Å²) in [5.74, 6) is 0.997. The van der Waals surface area contributed by atoms with Gasteiger partial charge >= 0.3 is 16.1 Å². The lowest BCUT2D eigenvalue weighted by atomic mass is 10.1. The summed E-state index contributed by atoms with van der Waals surface area (Å²) in [6.45, 7) is 20.5. The lowest BCUT2D eigenvalue weighted by Gasteiger charge is -2.40. The molecule has 684 valence electrons. The van der Waals surface area contributed by atoms with Crippen LogP contribution in [0.5, 0.6) is 17.2 Å². The highest BCUT2D eigenvalue weighted by atomic mass is 36.0. The first-order valence-electron chi connectivity index (χ1n) is 42.7. The van der Waals surface area contributed by atoms with Crippen molar-refractivity contribution in [3.8, 4) is 17.2 Å². The molecule has 10 atom stereocenters. The fourth-order valence-corrected chi connectivity index (χ4v) is 18.5. The van der Waals surface area contributed by atoms with Crippen LogP contribution in [-0.2, 0) is 77.7 Å². The smallest absolute Gasteiger partial charge is 0.323 e. The second-order valence-corrected chi connectivity index (χ2v) is 38.4. The molecular weight excluding hydrogens is 1780 g/mol. The van der Waals surface area contributed by atoms with E-state index in [9.17, 15) is 37.8 Å². The molecule has 4 bridgehead atoms. The largest absolute Gasteiger partial charge is 0.493 e. The minimum Gasteiger partial charge on any atom is -0.493 e. The normalized spacial score (nSPS) is 22.5. The molecule has 9 heterocycles. The van der Waals surface area contributed by atoms with Crippen molar-refractivity contribution in [1.82, 2.24) is 39.6 Å². The van der Waals surface area contributed by atoms with Gasteiger partial charge in [0.05, 0.1) is 64.0 Å². The van der Waals surface area contributed by atoms with Crippen molar-refractivity contribution < 1.29 is 65.1 Å². The van der Waals surface area contributed by atoms with Gasteiger partial charge in [0, 0.05) is 160 Å². The van der Waals surface area contributed by atoms with Gasteiger partial charge in [-0.25, -0.2) is 4.21 Å². The van der Waals surface area contributed by atoms with E-state index in [1.807, 2.05) is 65.6 Å². The molecule has 0 saturated carbocycles. The summed E-state index contributed by atoms with van der Waals surface area (Å²) < 4.78 is 56.5. The highest BCUT2D eigenvalue weighted by Crippen LogP contribution is 2.37. The lowest BCUT2D eigenvalue weighted by molar-refractivity contribution is -0.149. The van der Waals surface area contributed by atoms with Crippen molar-refractivity contribution in [2.24, 2.45) is 0 Å². The Morgan fingerprint density at radius 3 is 1.34 bits per heavy atom. The van der Waals surface area contributed by atoms with E-state index >= 15 is 0 Å². The number of nitrogens with zero attached hydrogens (tertiary/aromatic N) is 7. The van der Waals surface area contributed by atoms with Crippen LogP contribution in [0.15, 0.2) is 201 Å². The minimum absolute atomic E-state index is 0.00891. The quantitative estimate of drug-likeness (QED) is 0.0120. The third-order valence-corrected chi connectivity index (χ3v) is 24.5. The van der Waals surface area contributed by atoms with E-state index < -0.39 is 35.5 Å². The number of esters is 1. The number of amides is 2. The summed E-state index contributed by atoms with van der Waals surface area (Å²) in [4.78, 5) is 64.9. The molecule has 9 aliphatic rings. The van der Waals surface area contributed by atoms with Gasteiger partial charge in [-0.1, -0.05) is 205 Å². The van der Waals surface area contributed by atoms with Crippen molar-refractivity contribution in [2.75, 3.05) is 98.0 Å². The number of rotatable bonds is 25. The number of nitrogens with one attached hydrogen (secondary N) is 1. The van der Waals surface area contributed by atoms with Gasteiger partial charge < -0.3 is 38.7 Å². The average Bonchev–Trinajstić information content (AvgIpc) is 1.62. The van der Waals surface area contributed by atoms with Gasteiger partial charge in [-0.3, -0.25) is 53.5 Å². The molecule has 7 aromatic carbocycles. The van der Waals surface area contributed by atoms with Gasteiger partial charge in [-0.15, -0.1) is 29.8 Å². The topological polar surface area (TPSA) is 241 Å². The van der Waals surface area contributed by atoms with Crippen LogP contribution < -0.4 is 19.0 Å². The molecule has 0 aromatic heterocycles. The van der Waals surface area contributed by atoms with Crippen LogP contribution in [0.1, 0.15) is 145 Å². The van der Waals surface area contributed by atoms with Gasteiger partial charge in [0.15, 0.2) is 21.5 Å². The summed E-state index contributed by atoms with van der Waals surface area (Å²) >= 11 is 26.4. The van der Waals surface area contributed by atoms with Gasteiger partial charge in [0.25, 0.3) is 11.8 Å². The Kier molecular flexibility index (Phi) is 46.3. The lowest BCUT2D eigenvalue weighted by Crippen LogP contribution is -2.53. The highest BCUT2D eigenvalue weighted by Gasteiger charge is 2.43. The number of alkyl halides is 5. The molecule has 8 saturated heterocycles. The summed E-state index contributed by atoms with van der Waals surface area (Å²) in [6.07, 6.45) is 16.7. The maximum Gasteiger partial charge on any atom is 0.323 e. The Morgan fingerprint density at radius 2 is 0.944 bits per heavy atom. The standard InChI is InChI=1S/C18H17NO7S.C16H22N2.C16H21NO3.C13H17Cl2N.C13H18N2.C13H19NO2.C4H8O.CHCl3.Cl2OS/c1-24-13-8-7-11(9-15(13)25-2)10-19-17(20)12-5-4-6-14(16(12)18(19)21)26-27(3,22)23;1-2-10-17-12-15-8-9-16(13-17)18(15)11-14-6-4-3-5-7-14;1-3-20-16(19)15-10-9-14(12(2)18)17(15)11-13-7-5-4-6-8-13;14-8-12-6-7-13(9-15)16(12)10-11-4-2-1-3-5-11;1-2-4-11(5-3-1)10-15-12-6-7-13(15)9-14-8-12;15-9-12-6-7-13(10-16)14(12)8-11-4-2-1-3-5-11;1-2-4-5-3-1;2-1(3)4;1-4(2)3/h4-9H,10H2,1-3H3;2-7,15-16H,1,8-13H2;4-8,14-15H,3,9-11H2,1-2H3;1-5,12-13H,6-10H2;1-5,12-14H,6-10H2;1-5,12-13,15-16H,6-10H2;1-4H2;1H;/t;;14-,15+;12-,13+;;12-,13+;;;/m..0....../s1. The Hall–Kier alpha value is -6.31. The van der Waals surface area contributed by atoms with Gasteiger partial charge in [0.2, 0.25) is 9.23 Å². The van der Waals surface area contributed by atoms with Crippen LogP contribution in [0.2, 0.25) is 0 Å². The number of Topliss-reactive ketones (excluding diaryl/α,β-unsaturated/α-hetero) is 1. The molecule has 4 unspecified atom stereocenters. The Balaban J connectivity index is 0.000000182. The second kappa shape index (κ2) is 55.7. The molecule has 22 nitrogen and oxygen atoms in total. The van der Waals surface area contributed by atoms with Crippen molar-refractivity contribution in [3.05, 3.63) is 245 Å². The van der Waals surface area contributed by atoms with Gasteiger partial charge in [0.1, 0.15) is 11.8 Å². The van der Waals surface area contributed by atoms with Crippen LogP contribution >= 0.6 is 79.4 Å². The van der Waals surface area contributed by atoms with Crippen LogP contribution in [0.3, 0.4) is 0 Å². The molecule has 8 fully saturated rings. The van der Waals surface area contributed by atoms with Crippen LogP contribution in [0.25, 0.3) is 0 Å². The monoisotopic (exact) mass is 1900 g/mol. The molecule has 31 heteroatoms. The number of carbonyl (C=O) groups is 4. The number of halogens is 7. The van der Waals surface area contributed by atoms with Crippen LogP contribution in [0.4, 0.5) is 0 Å². The van der Waals surface area contributed by atoms with Gasteiger partial charge in [-0.2, -0.15) is 8.42 Å². The molecular formula is C94H123Cl7N8O14S2. The number of hydrogen-bond donors (Lipinski definition) is 3. The molecule has 2 amide bonds. The second-order valence-electron chi connectivity index (χ2n) is 31.7. The third kappa shape index (κ3) is 33.9. The summed E-state index contributed by atoms with van der Waals surface area (Å²) in [5, 5.41) is 22.1. The van der Waals surface area contributed by atoms with Crippen LogP contribution in [0, 0.1) is 0 Å². The van der Waals surface area contributed by atoms with E-state index in [1.165, 1.54) is 132 Å². The molecule has 0 spiro atoms. The third-order valence-electron chi connectivity index (χ3n) is 23.3. The number of fused-ring (bicyclic) bond motifs is 5. The number of likely N-dealkylation sites (tertiary alicyclic amines) is 4. The van der Waals surface area contributed by atoms with E-state index in [0.29, 0.717) is 60.5 Å². The molecule has 16 rings (SSSR count). The Morgan fingerprint density at radius 1 is 0.536 bits per heavy atom. The first-order valence-corrected chi connectivity index (χ1v) is 49.7. The van der Waals surface area contributed by atoms with Crippen LogP contribution in [-0.4, -0.2) is 243 Å². The molecule has 0 aliphatic carbocycles. The number of imide groups is 1. The molecule has 125 heavy (non-hydrogen) atoms. The molecule has 7 aromatic rings. The Bertz CT molecular complexity index is 4370. The van der Waals surface area contributed by atoms with E-state index in [2.05, 4.69) is 155 Å². The first kappa shape index (κ1) is 104. The molecule has 0 radical (unpaired) electrons. The molecule has 9 aliphatic heterocycles. The number of benzene rings is 7. The average molecular weight is 1900 g/mol. The SMILES string of the molecule is C1CCOC1.C=CCN1CC2CCC(C1)N2Cc1ccccc1.CCOC(=O)[C@H]1CC[C@@H](C(C)=O)N1Cc1ccccc1.COc1ccc(CN2C(=O)c3cccc(OS(C)(=O)=O)c3C2=O)cc1OC.ClC(Cl)Cl.ClC[C@@H]1CC[C@H](CCl)N1Cc1ccccc1.O=S(Cl)Cl.OC[C@@H]1CC[C@H](CO)N1Cc1ccccc1.c1ccc(CN2C3CCC2CNC3)cc1. The van der Waals surface area contributed by atoms with Crippen molar-refractivity contribution in [1.29, 1.82) is 0 Å². The zero-order valence-corrected chi connectivity index (χ0v) is 79.1. The van der Waals surface area contributed by atoms with E-state index in [1.54, 1.807) is 32.0 Å². The number of methoxy groups -OCH3 is 2. The maximum atomic E-state index is 12.8. The van der Waals surface area contributed by atoms with Crippen molar-refractivity contribution in [3.63, 3.8) is 0 Å². The number of ketones is 1. The fraction of sp³-hybridized carbons (Fsp3) is 0.489. The van der Waals surface area contributed by atoms with E-state index in [0.717, 1.165) is 106 Å². The number of hydrogen-bond acceptors (Lipinski definition) is 21. The van der Waals surface area contributed by atoms with Gasteiger partial charge in [-0.05, 0) is 149 Å². The van der Waals surface area contributed by atoms with Crippen molar-refractivity contribution in [2.45, 2.75) is 195 Å². The summed E-state index contributed by atoms with van der Waals surface area (Å²) in [6, 6.07) is 65.7. The number of piperazine rings is 2. The van der Waals surface area contributed by atoms with Crippen molar-refractivity contribution >= 4 is 122 Å². The predicted molar refractivity (Wildman–Crippen MR) is 503 cm³/mol. The summed E-state index contributed by atoms with van der Waals surface area (Å²) in [5.41, 5.74) is 7.27. The number of aliphatic hydroxyl groups is 2. The molecule has 3 N–H and O–H groups in total. The van der Waals surface area contributed by atoms with E-state index in [-0.39, 0.29) is 72.6 Å². The Labute approximate surface area is 776 Å². The highest BCUT2D eigenvalue weighted by molar-refractivity contribution is 8.26. The number of aliphatic hydroxyl groups excluding tert-OH is 2. The number of carbonyl (C=O) groups excluding carboxylic acids is 4. The number of ether oxygens (including phenoxy) is 4.